The summed E-state index contributed by atoms with van der Waals surface area (Å²) in [6.45, 7) is 2.41. The smallest absolute Gasteiger partial charge is 0.243 e. The molecule has 1 aliphatic carbocycles. The molecule has 3 aliphatic rings. The molecule has 4 rings (SSSR count). The third-order valence-electron chi connectivity index (χ3n) is 6.70. The molecule has 1 aromatic carbocycles. The Morgan fingerprint density at radius 2 is 1.30 bits per heavy atom. The van der Waals surface area contributed by atoms with Crippen LogP contribution in [0.4, 0.5) is 0 Å². The van der Waals surface area contributed by atoms with Crippen molar-refractivity contribution in [2.45, 2.75) is 55.9 Å². The van der Waals surface area contributed by atoms with E-state index in [-0.39, 0.29) is 22.6 Å². The molecule has 1 saturated carbocycles. The van der Waals surface area contributed by atoms with Gasteiger partial charge in [-0.1, -0.05) is 37.5 Å². The average Bonchev–Trinajstić information content (AvgIpc) is 3.34. The molecule has 30 heavy (non-hydrogen) atoms. The van der Waals surface area contributed by atoms with E-state index in [0.29, 0.717) is 39.1 Å². The van der Waals surface area contributed by atoms with E-state index < -0.39 is 16.1 Å². The number of amides is 2. The van der Waals surface area contributed by atoms with Gasteiger partial charge in [-0.25, -0.2) is 8.42 Å². The summed E-state index contributed by atoms with van der Waals surface area (Å²) >= 11 is 0. The first-order valence-corrected chi connectivity index (χ1v) is 12.6. The van der Waals surface area contributed by atoms with Crippen molar-refractivity contribution in [3.63, 3.8) is 0 Å². The van der Waals surface area contributed by atoms with Gasteiger partial charge in [-0.15, -0.1) is 0 Å². The Balaban J connectivity index is 1.42. The number of sulfonamides is 1. The largest absolute Gasteiger partial charge is 0.339 e. The fourth-order valence-corrected chi connectivity index (χ4v) is 6.63. The van der Waals surface area contributed by atoms with E-state index in [2.05, 4.69) is 0 Å². The maximum Gasteiger partial charge on any atom is 0.243 e. The topological polar surface area (TPSA) is 78.0 Å². The molecule has 2 saturated heterocycles. The molecule has 0 bridgehead atoms. The van der Waals surface area contributed by atoms with Gasteiger partial charge in [0.1, 0.15) is 6.04 Å². The molecule has 0 N–H and O–H groups in total. The van der Waals surface area contributed by atoms with Crippen molar-refractivity contribution in [1.82, 2.24) is 14.1 Å². The highest BCUT2D eigenvalue weighted by molar-refractivity contribution is 7.89. The van der Waals surface area contributed by atoms with E-state index in [1.165, 1.54) is 4.31 Å². The summed E-state index contributed by atoms with van der Waals surface area (Å²) in [5.74, 6) is 0.254. The molecule has 3 fully saturated rings. The molecule has 0 radical (unpaired) electrons. The summed E-state index contributed by atoms with van der Waals surface area (Å²) in [7, 11) is -3.71. The Morgan fingerprint density at radius 3 is 1.93 bits per heavy atom. The number of piperazine rings is 1. The predicted octanol–water partition coefficient (Wildman–Crippen LogP) is 2.09. The summed E-state index contributed by atoms with van der Waals surface area (Å²) in [5, 5.41) is 0. The van der Waals surface area contributed by atoms with Gasteiger partial charge in [0.25, 0.3) is 0 Å². The van der Waals surface area contributed by atoms with Crippen LogP contribution < -0.4 is 0 Å². The highest BCUT2D eigenvalue weighted by atomic mass is 32.2. The van der Waals surface area contributed by atoms with Crippen LogP contribution in [0.25, 0.3) is 0 Å². The lowest BCUT2D eigenvalue weighted by atomic mass is 10.0. The highest BCUT2D eigenvalue weighted by Gasteiger charge is 2.40. The van der Waals surface area contributed by atoms with Crippen molar-refractivity contribution < 1.29 is 18.0 Å². The zero-order valence-corrected chi connectivity index (χ0v) is 18.2. The molecule has 0 spiro atoms. The molecule has 7 nitrogen and oxygen atoms in total. The monoisotopic (exact) mass is 433 g/mol. The van der Waals surface area contributed by atoms with Crippen LogP contribution in [-0.2, 0) is 19.6 Å². The number of benzene rings is 1. The second-order valence-corrected chi connectivity index (χ2v) is 10.5. The third-order valence-corrected chi connectivity index (χ3v) is 8.62. The number of piperidine rings is 1. The minimum atomic E-state index is -3.71. The fraction of sp³-hybridized carbons (Fsp3) is 0.636. The van der Waals surface area contributed by atoms with Gasteiger partial charge < -0.3 is 9.80 Å². The van der Waals surface area contributed by atoms with Crippen molar-refractivity contribution in [3.8, 4) is 0 Å². The number of nitrogens with zero attached hydrogens (tertiary/aromatic N) is 3. The number of hydrogen-bond donors (Lipinski definition) is 0. The van der Waals surface area contributed by atoms with Crippen molar-refractivity contribution in [2.75, 3.05) is 32.7 Å². The summed E-state index contributed by atoms with van der Waals surface area (Å²) in [6, 6.07) is 7.70. The first kappa shape index (κ1) is 21.3. The number of rotatable bonds is 4. The van der Waals surface area contributed by atoms with Crippen LogP contribution in [0.5, 0.6) is 0 Å². The van der Waals surface area contributed by atoms with Crippen LogP contribution in [0.1, 0.15) is 44.9 Å². The van der Waals surface area contributed by atoms with Crippen LogP contribution in [0.15, 0.2) is 35.2 Å². The zero-order valence-electron chi connectivity index (χ0n) is 17.4. The van der Waals surface area contributed by atoms with Crippen LogP contribution in [0.3, 0.4) is 0 Å². The molecular formula is C22H31N3O4S. The van der Waals surface area contributed by atoms with Gasteiger partial charge in [0.2, 0.25) is 21.8 Å². The van der Waals surface area contributed by atoms with Crippen LogP contribution in [-0.4, -0.2) is 73.1 Å². The average molecular weight is 434 g/mol. The van der Waals surface area contributed by atoms with E-state index in [9.17, 15) is 18.0 Å². The molecule has 2 heterocycles. The van der Waals surface area contributed by atoms with E-state index >= 15 is 0 Å². The van der Waals surface area contributed by atoms with Crippen LogP contribution in [0.2, 0.25) is 0 Å². The number of hydrogen-bond acceptors (Lipinski definition) is 4. The quantitative estimate of drug-likeness (QED) is 0.729. The van der Waals surface area contributed by atoms with Gasteiger partial charge >= 0.3 is 0 Å². The van der Waals surface area contributed by atoms with E-state index in [1.807, 2.05) is 4.90 Å². The zero-order chi connectivity index (χ0) is 21.1. The first-order valence-electron chi connectivity index (χ1n) is 11.1. The summed E-state index contributed by atoms with van der Waals surface area (Å²) in [6.07, 6.45) is 6.37. The number of carbonyl (C=O) groups is 2. The Morgan fingerprint density at radius 1 is 0.733 bits per heavy atom. The normalized spacial score (nSPS) is 24.2. The van der Waals surface area contributed by atoms with Gasteiger partial charge in [0, 0.05) is 38.6 Å². The van der Waals surface area contributed by atoms with Gasteiger partial charge in [-0.3, -0.25) is 9.59 Å². The third kappa shape index (κ3) is 4.25. The Hall–Kier alpha value is -1.93. The fourth-order valence-electron chi connectivity index (χ4n) is 4.96. The Kier molecular flexibility index (Phi) is 6.43. The molecule has 0 aromatic heterocycles. The van der Waals surface area contributed by atoms with Gasteiger partial charge in [0.15, 0.2) is 0 Å². The molecule has 2 aliphatic heterocycles. The van der Waals surface area contributed by atoms with Crippen molar-refractivity contribution in [3.05, 3.63) is 30.3 Å². The molecule has 164 valence electrons. The van der Waals surface area contributed by atoms with Gasteiger partial charge in [-0.2, -0.15) is 4.31 Å². The Bertz CT molecular complexity index is 860. The van der Waals surface area contributed by atoms with Crippen molar-refractivity contribution in [1.29, 1.82) is 0 Å². The minimum Gasteiger partial charge on any atom is -0.339 e. The van der Waals surface area contributed by atoms with E-state index in [1.54, 1.807) is 35.2 Å². The maximum atomic E-state index is 13.3. The van der Waals surface area contributed by atoms with Gasteiger partial charge in [0.05, 0.1) is 4.90 Å². The molecular weight excluding hydrogens is 402 g/mol. The van der Waals surface area contributed by atoms with Crippen molar-refractivity contribution in [2.24, 2.45) is 5.92 Å². The molecule has 1 aromatic rings. The predicted molar refractivity (Wildman–Crippen MR) is 113 cm³/mol. The second kappa shape index (κ2) is 9.06. The maximum absolute atomic E-state index is 13.3. The molecule has 1 atom stereocenters. The lowest BCUT2D eigenvalue weighted by Gasteiger charge is -2.40. The highest BCUT2D eigenvalue weighted by Crippen LogP contribution is 2.28. The Labute approximate surface area is 179 Å². The van der Waals surface area contributed by atoms with E-state index in [4.69, 9.17) is 0 Å². The minimum absolute atomic E-state index is 0.123. The SMILES string of the molecule is O=C(C1CCCC1)N1CCN(C(=O)C2CCCCN2S(=O)(=O)c2ccccc2)CC1. The summed E-state index contributed by atoms with van der Waals surface area (Å²) in [4.78, 5) is 29.8. The lowest BCUT2D eigenvalue weighted by molar-refractivity contribution is -0.144. The molecule has 2 amide bonds. The summed E-state index contributed by atoms with van der Waals surface area (Å²) in [5.41, 5.74) is 0. The molecule has 1 unspecified atom stereocenters. The standard InChI is InChI=1S/C22H31N3O4S/c26-21(18-8-4-5-9-18)23-14-16-24(17-15-23)22(27)20-12-6-7-13-25(20)30(28,29)19-10-2-1-3-11-19/h1-3,10-11,18,20H,4-9,12-17H2. The lowest BCUT2D eigenvalue weighted by Crippen LogP contribution is -2.58. The van der Waals surface area contributed by atoms with Crippen LogP contribution in [0, 0.1) is 5.92 Å². The first-order chi connectivity index (χ1) is 14.5. The second-order valence-electron chi connectivity index (χ2n) is 8.57. The molecule has 8 heteroatoms. The van der Waals surface area contributed by atoms with Crippen molar-refractivity contribution >= 4 is 21.8 Å². The number of carbonyl (C=O) groups excluding carboxylic acids is 2. The van der Waals surface area contributed by atoms with Crippen LogP contribution >= 0.6 is 0 Å². The van der Waals surface area contributed by atoms with E-state index in [0.717, 1.165) is 38.5 Å². The summed E-state index contributed by atoms with van der Waals surface area (Å²) < 4.78 is 27.7. The van der Waals surface area contributed by atoms with Gasteiger partial charge in [-0.05, 0) is 37.8 Å².